The Morgan fingerprint density at radius 2 is 1.88 bits per heavy atom. The van der Waals surface area contributed by atoms with Gasteiger partial charge in [0.05, 0.1) is 23.1 Å². The quantitative estimate of drug-likeness (QED) is 0.339. The molecule has 2 bridgehead atoms. The summed E-state index contributed by atoms with van der Waals surface area (Å²) in [6, 6.07) is 10.7. The number of likely N-dealkylation sites (N-methyl/N-ethyl adjacent to an activating group) is 1. The van der Waals surface area contributed by atoms with Crippen LogP contribution in [-0.2, 0) is 32.3 Å². The smallest absolute Gasteiger partial charge is 0.416 e. The number of halogens is 3. The Morgan fingerprint density at radius 1 is 1.12 bits per heavy atom. The zero-order chi connectivity index (χ0) is 29.4. The summed E-state index contributed by atoms with van der Waals surface area (Å²) in [5.41, 5.74) is 0.847. The van der Waals surface area contributed by atoms with Crippen molar-refractivity contribution in [2.45, 2.75) is 80.8 Å². The van der Waals surface area contributed by atoms with Crippen LogP contribution in [0.25, 0.3) is 6.08 Å². The van der Waals surface area contributed by atoms with Crippen molar-refractivity contribution < 1.29 is 32.2 Å². The van der Waals surface area contributed by atoms with E-state index in [1.54, 1.807) is 18.0 Å². The highest BCUT2D eigenvalue weighted by atomic mass is 19.4. The number of rotatable bonds is 6. The van der Waals surface area contributed by atoms with Gasteiger partial charge in [0.15, 0.2) is 0 Å². The number of nitrogens with zero attached hydrogens (tertiary/aromatic N) is 2. The predicted molar refractivity (Wildman–Crippen MR) is 150 cm³/mol. The number of esters is 1. The highest BCUT2D eigenvalue weighted by Crippen LogP contribution is 2.66. The van der Waals surface area contributed by atoms with E-state index < -0.39 is 22.8 Å². The number of alkyl halides is 3. The molecule has 2 aromatic carbocycles. The molecule has 9 heteroatoms. The van der Waals surface area contributed by atoms with Crippen molar-refractivity contribution >= 4 is 18.0 Å². The lowest BCUT2D eigenvalue weighted by Gasteiger charge is -2.65. The van der Waals surface area contributed by atoms with E-state index in [9.17, 15) is 22.8 Å². The van der Waals surface area contributed by atoms with Crippen LogP contribution in [0.2, 0.25) is 0 Å². The van der Waals surface area contributed by atoms with E-state index in [2.05, 4.69) is 11.0 Å². The van der Waals surface area contributed by atoms with Crippen LogP contribution in [0.1, 0.15) is 61.3 Å². The number of likely N-dealkylation sites (tertiary alicyclic amines) is 1. The second kappa shape index (κ2) is 9.59. The Bertz CT molecular complexity index is 1450. The van der Waals surface area contributed by atoms with Crippen molar-refractivity contribution in [3.8, 4) is 5.75 Å². The van der Waals surface area contributed by atoms with Crippen LogP contribution in [0.15, 0.2) is 48.5 Å². The van der Waals surface area contributed by atoms with Crippen molar-refractivity contribution in [2.75, 3.05) is 20.1 Å². The molecular weight excluding hydrogens is 545 g/mol. The first kappa shape index (κ1) is 27.5. The third-order valence-corrected chi connectivity index (χ3v) is 10.4. The first-order chi connectivity index (χ1) is 20.0. The number of carbonyl (C=O) groups is 2. The molecule has 222 valence electrons. The fraction of sp³-hybridized carbons (Fsp3) is 0.515. The van der Waals surface area contributed by atoms with Gasteiger partial charge in [0.25, 0.3) is 0 Å². The summed E-state index contributed by atoms with van der Waals surface area (Å²) in [4.78, 5) is 30.5. The lowest BCUT2D eigenvalue weighted by Crippen LogP contribution is -2.79. The van der Waals surface area contributed by atoms with Crippen LogP contribution in [0.5, 0.6) is 5.75 Å². The van der Waals surface area contributed by atoms with Crippen molar-refractivity contribution in [2.24, 2.45) is 5.92 Å². The molecule has 5 aliphatic rings. The summed E-state index contributed by atoms with van der Waals surface area (Å²) in [5.74, 6) is 0.973. The average molecular weight is 581 g/mol. The van der Waals surface area contributed by atoms with Gasteiger partial charge in [0, 0.05) is 32.2 Å². The Morgan fingerprint density at radius 3 is 2.57 bits per heavy atom. The number of ether oxygens (including phenoxy) is 2. The molecule has 1 amide bonds. The van der Waals surface area contributed by atoms with E-state index in [-0.39, 0.29) is 30.1 Å². The van der Waals surface area contributed by atoms with Crippen LogP contribution < -0.4 is 4.74 Å². The molecule has 7 rings (SSSR count). The molecule has 5 atom stereocenters. The van der Waals surface area contributed by atoms with E-state index in [0.717, 1.165) is 49.4 Å². The minimum Gasteiger partial charge on any atom is -0.487 e. The summed E-state index contributed by atoms with van der Waals surface area (Å²) in [7, 11) is 1.76. The second-order valence-corrected chi connectivity index (χ2v) is 12.7. The number of piperidine rings is 1. The molecule has 42 heavy (non-hydrogen) atoms. The zero-order valence-corrected chi connectivity index (χ0v) is 23.8. The molecule has 0 aromatic heterocycles. The Labute approximate surface area is 243 Å². The fourth-order valence-corrected chi connectivity index (χ4v) is 8.49. The van der Waals surface area contributed by atoms with E-state index >= 15 is 0 Å². The molecule has 3 aliphatic carbocycles. The lowest BCUT2D eigenvalue weighted by atomic mass is 9.48. The number of benzene rings is 2. The molecule has 6 nitrogen and oxygen atoms in total. The molecule has 1 spiro atoms. The molecule has 3 fully saturated rings. The summed E-state index contributed by atoms with van der Waals surface area (Å²) in [6.45, 7) is 3.39. The normalized spacial score (nSPS) is 31.4. The van der Waals surface area contributed by atoms with Crippen molar-refractivity contribution in [3.63, 3.8) is 0 Å². The Hall–Kier alpha value is -3.33. The van der Waals surface area contributed by atoms with E-state index in [1.807, 2.05) is 12.1 Å². The highest BCUT2D eigenvalue weighted by Gasteiger charge is 2.75. The molecule has 1 saturated heterocycles. The van der Waals surface area contributed by atoms with Crippen molar-refractivity contribution in [1.82, 2.24) is 9.80 Å². The first-order valence-corrected chi connectivity index (χ1v) is 14.9. The lowest BCUT2D eigenvalue weighted by molar-refractivity contribution is -0.223. The van der Waals surface area contributed by atoms with Crippen LogP contribution in [0.4, 0.5) is 13.2 Å². The topological polar surface area (TPSA) is 59.1 Å². The predicted octanol–water partition coefficient (Wildman–Crippen LogP) is 5.38. The van der Waals surface area contributed by atoms with Crippen molar-refractivity contribution in [1.29, 1.82) is 0 Å². The SMILES string of the molecule is CC(=O)O[C@@]12CC[C@H](N(C)C(=O)C=Cc3ccc(C(F)(F)F)cc3)[C@@H]3Oc4cccc5c4[C@@]31CCN(CC1CC1)[C@@H]2C5. The minimum absolute atomic E-state index is 0.0456. The number of carbonyl (C=O) groups excluding carboxylic acids is 2. The first-order valence-electron chi connectivity index (χ1n) is 14.9. The van der Waals surface area contributed by atoms with Gasteiger partial charge in [-0.15, -0.1) is 0 Å². The monoisotopic (exact) mass is 580 g/mol. The van der Waals surface area contributed by atoms with Crippen LogP contribution >= 0.6 is 0 Å². The summed E-state index contributed by atoms with van der Waals surface area (Å²) in [6.07, 6.45) is 3.44. The maximum absolute atomic E-state index is 13.5. The number of amides is 1. The summed E-state index contributed by atoms with van der Waals surface area (Å²) in [5, 5.41) is 0. The molecule has 0 N–H and O–H groups in total. The molecular formula is C33H35F3N2O4. The van der Waals surface area contributed by atoms with Gasteiger partial charge in [-0.05, 0) is 86.4 Å². The fourth-order valence-electron chi connectivity index (χ4n) is 8.49. The third-order valence-electron chi connectivity index (χ3n) is 10.4. The van der Waals surface area contributed by atoms with E-state index in [4.69, 9.17) is 9.47 Å². The van der Waals surface area contributed by atoms with E-state index in [1.165, 1.54) is 43.5 Å². The molecule has 2 aromatic rings. The van der Waals surface area contributed by atoms with Gasteiger partial charge in [-0.25, -0.2) is 0 Å². The molecule has 2 heterocycles. The zero-order valence-electron chi connectivity index (χ0n) is 23.8. The maximum atomic E-state index is 13.5. The third kappa shape index (κ3) is 4.10. The number of hydrogen-bond acceptors (Lipinski definition) is 5. The molecule has 2 saturated carbocycles. The van der Waals surface area contributed by atoms with Gasteiger partial charge in [0.1, 0.15) is 17.5 Å². The van der Waals surface area contributed by atoms with Gasteiger partial charge < -0.3 is 14.4 Å². The summed E-state index contributed by atoms with van der Waals surface area (Å²) >= 11 is 0. The maximum Gasteiger partial charge on any atom is 0.416 e. The van der Waals surface area contributed by atoms with Crippen LogP contribution in [0.3, 0.4) is 0 Å². The van der Waals surface area contributed by atoms with E-state index in [0.29, 0.717) is 24.3 Å². The average Bonchev–Trinajstić information content (AvgIpc) is 3.70. The van der Waals surface area contributed by atoms with Gasteiger partial charge in [0.2, 0.25) is 5.91 Å². The van der Waals surface area contributed by atoms with Gasteiger partial charge >= 0.3 is 12.1 Å². The Kier molecular flexibility index (Phi) is 6.28. The molecule has 2 aliphatic heterocycles. The standard InChI is InChI=1S/C33H35F3N2O4/c1-20(39)42-32-15-14-25(37(2)28(40)13-10-21-8-11-24(12-9-21)33(34,35)36)30-31(32)16-17-38(19-22-6-7-22)27(32)18-23-4-3-5-26(41-30)29(23)31/h3-5,8-13,22,25,27,30H,6-7,14-19H2,1-2H3/t25-,27+,30-,31-,32+/m0/s1. The van der Waals surface area contributed by atoms with Crippen molar-refractivity contribution in [3.05, 3.63) is 70.8 Å². The minimum atomic E-state index is -4.41. The second-order valence-electron chi connectivity index (χ2n) is 12.7. The summed E-state index contributed by atoms with van der Waals surface area (Å²) < 4.78 is 52.1. The van der Waals surface area contributed by atoms with Gasteiger partial charge in [-0.3, -0.25) is 14.5 Å². The molecule has 0 unspecified atom stereocenters. The number of hydrogen-bond donors (Lipinski definition) is 0. The van der Waals surface area contributed by atoms with Crippen LogP contribution in [-0.4, -0.2) is 65.6 Å². The van der Waals surface area contributed by atoms with Gasteiger partial charge in [-0.1, -0.05) is 24.3 Å². The largest absolute Gasteiger partial charge is 0.487 e. The Balaban J connectivity index is 1.22. The van der Waals surface area contributed by atoms with Crippen LogP contribution in [0, 0.1) is 5.92 Å². The molecule has 0 radical (unpaired) electrons. The highest BCUT2D eigenvalue weighted by molar-refractivity contribution is 5.92. The van der Waals surface area contributed by atoms with Gasteiger partial charge in [-0.2, -0.15) is 13.2 Å².